The van der Waals surface area contributed by atoms with E-state index in [2.05, 4.69) is 9.97 Å². The molecule has 1 rings (SSSR count). The molecule has 0 fully saturated rings. The Hall–Kier alpha value is -0.810. The van der Waals surface area contributed by atoms with Crippen LogP contribution < -0.4 is 0 Å². The largest absolute Gasteiger partial charge is 0.480 e. The number of aromatic nitrogens is 2. The van der Waals surface area contributed by atoms with Crippen LogP contribution in [0.2, 0.25) is 5.15 Å². The van der Waals surface area contributed by atoms with E-state index in [1.807, 2.05) is 13.8 Å². The van der Waals surface area contributed by atoms with Gasteiger partial charge in [-0.1, -0.05) is 37.2 Å². The molecular weight excluding hydrogens is 236 g/mol. The van der Waals surface area contributed by atoms with Crippen LogP contribution in [0.5, 0.6) is 0 Å². The van der Waals surface area contributed by atoms with Crippen molar-refractivity contribution in [3.05, 3.63) is 17.5 Å². The molecule has 1 aromatic rings. The van der Waals surface area contributed by atoms with Crippen molar-refractivity contribution < 1.29 is 9.90 Å². The summed E-state index contributed by atoms with van der Waals surface area (Å²) < 4.78 is 0. The van der Waals surface area contributed by atoms with Crippen LogP contribution in [0.4, 0.5) is 0 Å². The van der Waals surface area contributed by atoms with E-state index in [0.717, 1.165) is 11.8 Å². The van der Waals surface area contributed by atoms with Crippen molar-refractivity contribution in [1.82, 2.24) is 9.97 Å². The standard InChI is InChI=1S/C9H11ClN2O2S/c1-5(2)8(9(13)14)15-7-4-11-3-6(10)12-7/h3-5,8H,1-2H3,(H,13,14). The molecule has 1 heterocycles. The van der Waals surface area contributed by atoms with Crippen molar-refractivity contribution in [3.8, 4) is 0 Å². The zero-order valence-corrected chi connectivity index (χ0v) is 9.92. The van der Waals surface area contributed by atoms with Crippen LogP contribution >= 0.6 is 23.4 Å². The molecule has 6 heteroatoms. The fourth-order valence-corrected chi connectivity index (χ4v) is 2.09. The number of hydrogen-bond donors (Lipinski definition) is 1. The maximum Gasteiger partial charge on any atom is 0.317 e. The first-order valence-corrected chi connectivity index (χ1v) is 5.63. The van der Waals surface area contributed by atoms with Gasteiger partial charge in [0.15, 0.2) is 0 Å². The summed E-state index contributed by atoms with van der Waals surface area (Å²) in [7, 11) is 0. The third kappa shape index (κ3) is 3.68. The monoisotopic (exact) mass is 246 g/mol. The van der Waals surface area contributed by atoms with E-state index in [-0.39, 0.29) is 11.1 Å². The van der Waals surface area contributed by atoms with Crippen LogP contribution in [-0.4, -0.2) is 26.3 Å². The SMILES string of the molecule is CC(C)C(Sc1cncc(Cl)n1)C(=O)O. The van der Waals surface area contributed by atoms with Crippen molar-refractivity contribution in [2.45, 2.75) is 24.1 Å². The zero-order valence-electron chi connectivity index (χ0n) is 8.35. The van der Waals surface area contributed by atoms with E-state index < -0.39 is 11.2 Å². The highest BCUT2D eigenvalue weighted by molar-refractivity contribution is 8.00. The molecule has 82 valence electrons. The quantitative estimate of drug-likeness (QED) is 0.827. The minimum atomic E-state index is -0.850. The van der Waals surface area contributed by atoms with Gasteiger partial charge in [-0.3, -0.25) is 9.78 Å². The van der Waals surface area contributed by atoms with Crippen LogP contribution in [0.25, 0.3) is 0 Å². The number of carboxylic acids is 1. The molecule has 0 aliphatic carbocycles. The van der Waals surface area contributed by atoms with Crippen molar-refractivity contribution in [2.24, 2.45) is 5.92 Å². The van der Waals surface area contributed by atoms with E-state index in [1.54, 1.807) is 0 Å². The summed E-state index contributed by atoms with van der Waals surface area (Å²) in [5, 5.41) is 9.24. The van der Waals surface area contributed by atoms with E-state index in [0.29, 0.717) is 5.03 Å². The molecule has 1 aromatic heterocycles. The third-order valence-electron chi connectivity index (χ3n) is 1.68. The molecule has 1 atom stereocenters. The lowest BCUT2D eigenvalue weighted by atomic mass is 10.1. The molecule has 0 aliphatic heterocycles. The molecule has 0 aliphatic rings. The lowest BCUT2D eigenvalue weighted by Crippen LogP contribution is -2.22. The third-order valence-corrected chi connectivity index (χ3v) is 3.30. The predicted molar refractivity (Wildman–Crippen MR) is 59.2 cm³/mol. The average molecular weight is 247 g/mol. The maximum atomic E-state index is 10.9. The Morgan fingerprint density at radius 2 is 2.20 bits per heavy atom. The molecule has 0 saturated carbocycles. The summed E-state index contributed by atoms with van der Waals surface area (Å²) in [5.74, 6) is -0.829. The van der Waals surface area contributed by atoms with Crippen LogP contribution in [0.15, 0.2) is 17.4 Å². The van der Waals surface area contributed by atoms with Crippen molar-refractivity contribution >= 4 is 29.3 Å². The first-order chi connectivity index (χ1) is 7.00. The number of rotatable bonds is 4. The van der Waals surface area contributed by atoms with E-state index >= 15 is 0 Å². The highest BCUT2D eigenvalue weighted by Crippen LogP contribution is 2.26. The molecular formula is C9H11ClN2O2S. The number of aliphatic carboxylic acids is 1. The van der Waals surface area contributed by atoms with E-state index in [1.165, 1.54) is 12.4 Å². The van der Waals surface area contributed by atoms with E-state index in [9.17, 15) is 4.79 Å². The average Bonchev–Trinajstić information content (AvgIpc) is 2.13. The summed E-state index contributed by atoms with van der Waals surface area (Å²) in [6, 6.07) is 0. The second-order valence-electron chi connectivity index (χ2n) is 3.30. The molecule has 15 heavy (non-hydrogen) atoms. The molecule has 1 N–H and O–H groups in total. The Morgan fingerprint density at radius 1 is 1.53 bits per heavy atom. The number of hydrogen-bond acceptors (Lipinski definition) is 4. The van der Waals surface area contributed by atoms with Gasteiger partial charge in [0.1, 0.15) is 15.4 Å². The molecule has 0 radical (unpaired) electrons. The summed E-state index contributed by atoms with van der Waals surface area (Å²) in [4.78, 5) is 18.8. The highest BCUT2D eigenvalue weighted by atomic mass is 35.5. The number of carboxylic acid groups (broad SMARTS) is 1. The van der Waals surface area contributed by atoms with Crippen LogP contribution in [0.1, 0.15) is 13.8 Å². The number of nitrogens with zero attached hydrogens (tertiary/aromatic N) is 2. The van der Waals surface area contributed by atoms with Crippen molar-refractivity contribution in [1.29, 1.82) is 0 Å². The molecule has 4 nitrogen and oxygen atoms in total. The fourth-order valence-electron chi connectivity index (χ4n) is 0.984. The second-order valence-corrected chi connectivity index (χ2v) is 4.85. The van der Waals surface area contributed by atoms with Crippen molar-refractivity contribution in [2.75, 3.05) is 0 Å². The Morgan fingerprint density at radius 3 is 2.67 bits per heavy atom. The maximum absolute atomic E-state index is 10.9. The van der Waals surface area contributed by atoms with Gasteiger partial charge in [-0.2, -0.15) is 0 Å². The number of halogens is 1. The summed E-state index contributed by atoms with van der Waals surface area (Å²) in [6.07, 6.45) is 2.92. The molecule has 0 amide bonds. The van der Waals surface area contributed by atoms with Gasteiger partial charge in [0, 0.05) is 0 Å². The lowest BCUT2D eigenvalue weighted by molar-refractivity contribution is -0.137. The molecule has 0 aromatic carbocycles. The van der Waals surface area contributed by atoms with Gasteiger partial charge in [0.05, 0.1) is 12.4 Å². The van der Waals surface area contributed by atoms with Crippen LogP contribution in [-0.2, 0) is 4.79 Å². The van der Waals surface area contributed by atoms with Gasteiger partial charge < -0.3 is 5.11 Å². The summed E-state index contributed by atoms with van der Waals surface area (Å²) in [6.45, 7) is 3.70. The first-order valence-electron chi connectivity index (χ1n) is 4.37. The smallest absolute Gasteiger partial charge is 0.317 e. The normalized spacial score (nSPS) is 12.8. The predicted octanol–water partition coefficient (Wildman–Crippen LogP) is 2.33. The van der Waals surface area contributed by atoms with Gasteiger partial charge in [-0.05, 0) is 5.92 Å². The lowest BCUT2D eigenvalue weighted by Gasteiger charge is -2.14. The van der Waals surface area contributed by atoms with Crippen molar-refractivity contribution in [3.63, 3.8) is 0 Å². The van der Waals surface area contributed by atoms with Gasteiger partial charge >= 0.3 is 5.97 Å². The summed E-state index contributed by atoms with van der Waals surface area (Å²) in [5.41, 5.74) is 0. The topological polar surface area (TPSA) is 63.1 Å². The zero-order chi connectivity index (χ0) is 11.4. The highest BCUT2D eigenvalue weighted by Gasteiger charge is 2.23. The number of thioether (sulfide) groups is 1. The molecule has 0 bridgehead atoms. The van der Waals surface area contributed by atoms with Crippen LogP contribution in [0.3, 0.4) is 0 Å². The van der Waals surface area contributed by atoms with Gasteiger partial charge in [-0.15, -0.1) is 0 Å². The van der Waals surface area contributed by atoms with Crippen LogP contribution in [0, 0.1) is 5.92 Å². The van der Waals surface area contributed by atoms with Gasteiger partial charge in [-0.25, -0.2) is 4.98 Å². The minimum Gasteiger partial charge on any atom is -0.480 e. The minimum absolute atomic E-state index is 0.0216. The first kappa shape index (κ1) is 12.3. The number of carbonyl (C=O) groups is 1. The molecule has 1 unspecified atom stereocenters. The molecule has 0 saturated heterocycles. The summed E-state index contributed by atoms with van der Waals surface area (Å²) >= 11 is 6.81. The Balaban J connectivity index is 2.79. The molecule has 0 spiro atoms. The fraction of sp³-hybridized carbons (Fsp3) is 0.444. The second kappa shape index (κ2) is 5.32. The van der Waals surface area contributed by atoms with E-state index in [4.69, 9.17) is 16.7 Å². The van der Waals surface area contributed by atoms with Gasteiger partial charge in [0.25, 0.3) is 0 Å². The van der Waals surface area contributed by atoms with Gasteiger partial charge in [0.2, 0.25) is 0 Å². The Bertz CT molecular complexity index is 360. The Kier molecular flexibility index (Phi) is 4.35. The Labute approximate surface area is 97.1 Å².